The molecule has 29 heavy (non-hydrogen) atoms. The molecule has 3 N–H and O–H groups in total. The summed E-state index contributed by atoms with van der Waals surface area (Å²) in [5.74, 6) is 0.565. The molecule has 1 aromatic heterocycles. The first-order valence-electron chi connectivity index (χ1n) is 9.58. The molecule has 1 radical (unpaired) electrons. The largest absolute Gasteiger partial charge is 0.394 e. The Kier molecular flexibility index (Phi) is 5.31. The first-order chi connectivity index (χ1) is 14.3. The van der Waals surface area contributed by atoms with Crippen LogP contribution in [0.5, 0.6) is 0 Å². The van der Waals surface area contributed by atoms with Crippen LogP contribution in [0.2, 0.25) is 0 Å². The monoisotopic (exact) mass is 383 g/mol. The Balaban J connectivity index is 2.00. The predicted molar refractivity (Wildman–Crippen MR) is 115 cm³/mol. The normalized spacial score (nSPS) is 11.3. The van der Waals surface area contributed by atoms with Gasteiger partial charge in [-0.1, -0.05) is 91.0 Å². The summed E-state index contributed by atoms with van der Waals surface area (Å²) in [5, 5.41) is 17.4. The van der Waals surface area contributed by atoms with Crippen LogP contribution < -0.4 is 11.1 Å². The number of nitrogens with zero attached hydrogens (tertiary/aromatic N) is 2. The van der Waals surface area contributed by atoms with Gasteiger partial charge in [-0.15, -0.1) is 0 Å². The molecule has 0 spiro atoms. The molecular weight excluding hydrogens is 360 g/mol. The Morgan fingerprint density at radius 2 is 1.24 bits per heavy atom. The van der Waals surface area contributed by atoms with Gasteiger partial charge in [-0.3, -0.25) is 5.73 Å². The number of hydrogen-bond acceptors (Lipinski definition) is 3. The maximum atomic E-state index is 9.45. The number of aliphatic hydroxyl groups is 1. The van der Waals surface area contributed by atoms with Crippen molar-refractivity contribution in [3.8, 4) is 0 Å². The average molecular weight is 383 g/mol. The molecule has 4 aromatic rings. The van der Waals surface area contributed by atoms with Gasteiger partial charge in [-0.25, -0.2) is 4.68 Å². The lowest BCUT2D eigenvalue weighted by molar-refractivity contribution is 0.270. The lowest BCUT2D eigenvalue weighted by Gasteiger charge is -2.38. The van der Waals surface area contributed by atoms with Crippen molar-refractivity contribution in [2.24, 2.45) is 0 Å². The van der Waals surface area contributed by atoms with E-state index in [-0.39, 0.29) is 12.3 Å². The summed E-state index contributed by atoms with van der Waals surface area (Å²) in [5.41, 5.74) is 11.1. The van der Waals surface area contributed by atoms with E-state index in [1.807, 2.05) is 54.6 Å². The Bertz CT molecular complexity index is 950. The van der Waals surface area contributed by atoms with Crippen LogP contribution in [-0.4, -0.2) is 21.5 Å². The Labute approximate surface area is 170 Å². The topological polar surface area (TPSA) is 73.9 Å². The maximum Gasteiger partial charge on any atom is 0.151 e. The van der Waals surface area contributed by atoms with E-state index in [1.165, 1.54) is 6.20 Å². The van der Waals surface area contributed by atoms with Crippen molar-refractivity contribution in [2.75, 3.05) is 11.9 Å². The van der Waals surface area contributed by atoms with E-state index in [4.69, 9.17) is 5.73 Å². The zero-order valence-corrected chi connectivity index (χ0v) is 16.0. The van der Waals surface area contributed by atoms with E-state index in [2.05, 4.69) is 46.8 Å². The van der Waals surface area contributed by atoms with Gasteiger partial charge in [0.05, 0.1) is 19.3 Å². The third-order valence-corrected chi connectivity index (χ3v) is 5.08. The van der Waals surface area contributed by atoms with Gasteiger partial charge in [-0.2, -0.15) is 5.10 Å². The molecule has 0 aliphatic heterocycles. The third-order valence-electron chi connectivity index (χ3n) is 5.08. The minimum absolute atomic E-state index is 0.0508. The first kappa shape index (κ1) is 18.8. The fourth-order valence-electron chi connectivity index (χ4n) is 3.74. The summed E-state index contributed by atoms with van der Waals surface area (Å²) in [4.78, 5) is 0. The first-order valence-corrected chi connectivity index (χ1v) is 9.58. The van der Waals surface area contributed by atoms with Gasteiger partial charge >= 0.3 is 0 Å². The fraction of sp³-hybridized carbons (Fsp3) is 0.125. The Morgan fingerprint density at radius 3 is 1.66 bits per heavy atom. The molecule has 5 heteroatoms. The van der Waals surface area contributed by atoms with Gasteiger partial charge in [0.15, 0.2) is 5.82 Å². The minimum atomic E-state index is -0.729. The second-order valence-electron chi connectivity index (χ2n) is 6.83. The van der Waals surface area contributed by atoms with E-state index >= 15 is 0 Å². The van der Waals surface area contributed by atoms with Crippen molar-refractivity contribution in [2.45, 2.75) is 12.1 Å². The van der Waals surface area contributed by atoms with Gasteiger partial charge in [0.2, 0.25) is 0 Å². The molecule has 3 aromatic carbocycles. The number of benzene rings is 3. The molecule has 5 nitrogen and oxygen atoms in total. The average Bonchev–Trinajstić information content (AvgIpc) is 3.13. The van der Waals surface area contributed by atoms with Crippen molar-refractivity contribution >= 4 is 11.5 Å². The summed E-state index contributed by atoms with van der Waals surface area (Å²) in [6, 6.07) is 30.6. The second kappa shape index (κ2) is 8.20. The van der Waals surface area contributed by atoms with Crippen molar-refractivity contribution in [3.05, 3.63) is 114 Å². The molecule has 0 saturated heterocycles. The lowest BCUT2D eigenvalue weighted by atomic mass is 9.77. The summed E-state index contributed by atoms with van der Waals surface area (Å²) < 4.78 is 1.64. The van der Waals surface area contributed by atoms with Crippen molar-refractivity contribution in [1.82, 2.24) is 15.5 Å². The molecule has 0 aliphatic rings. The molecule has 0 bridgehead atoms. The highest BCUT2D eigenvalue weighted by Crippen LogP contribution is 2.41. The summed E-state index contributed by atoms with van der Waals surface area (Å²) in [7, 11) is 0. The van der Waals surface area contributed by atoms with Gasteiger partial charge in [0.25, 0.3) is 0 Å². The molecule has 0 amide bonds. The Morgan fingerprint density at radius 1 is 0.793 bits per heavy atom. The summed E-state index contributed by atoms with van der Waals surface area (Å²) in [6.45, 7) is 0.264. The molecule has 0 atom stereocenters. The number of aliphatic hydroxyl groups excluding tert-OH is 1. The summed E-state index contributed by atoms with van der Waals surface area (Å²) >= 11 is 0. The van der Waals surface area contributed by atoms with Crippen LogP contribution >= 0.6 is 0 Å². The summed E-state index contributed by atoms with van der Waals surface area (Å²) in [6.07, 6.45) is 1.50. The van der Waals surface area contributed by atoms with E-state index in [9.17, 15) is 5.11 Å². The molecule has 0 unspecified atom stereocenters. The second-order valence-corrected chi connectivity index (χ2v) is 6.83. The molecule has 1 heterocycles. The molecule has 4 rings (SSSR count). The van der Waals surface area contributed by atoms with Crippen LogP contribution in [0, 0.1) is 0 Å². The van der Waals surface area contributed by atoms with Crippen LogP contribution in [0.15, 0.2) is 97.2 Å². The quantitative estimate of drug-likeness (QED) is 0.470. The number of aromatic nitrogens is 2. The molecule has 0 saturated carbocycles. The Hall–Kier alpha value is -3.57. The fourth-order valence-corrected chi connectivity index (χ4v) is 3.74. The SMILES string of the molecule is [NH]c1cnn(CCO)c1NC(c1ccccc1)(c1ccccc1)c1ccccc1. The highest BCUT2D eigenvalue weighted by Gasteiger charge is 2.37. The maximum absolute atomic E-state index is 9.45. The van der Waals surface area contributed by atoms with Crippen LogP contribution in [0.4, 0.5) is 11.5 Å². The number of anilines is 1. The van der Waals surface area contributed by atoms with Gasteiger partial charge in [0, 0.05) is 0 Å². The van der Waals surface area contributed by atoms with Crippen LogP contribution in [0.25, 0.3) is 0 Å². The molecule has 0 aliphatic carbocycles. The standard InChI is InChI=1S/C24H23N4O/c25-22-18-26-28(16-17-29)23(22)27-24(19-10-4-1-5-11-19,20-12-6-2-7-13-20)21-14-8-3-9-15-21/h1-15,18,25,27,29H,16-17H2. The van der Waals surface area contributed by atoms with E-state index in [0.29, 0.717) is 12.4 Å². The van der Waals surface area contributed by atoms with Gasteiger partial charge < -0.3 is 10.4 Å². The third kappa shape index (κ3) is 3.48. The van der Waals surface area contributed by atoms with E-state index in [0.717, 1.165) is 16.7 Å². The molecular formula is C24H23N4O. The van der Waals surface area contributed by atoms with E-state index < -0.39 is 5.54 Å². The zero-order chi connectivity index (χ0) is 20.1. The van der Waals surface area contributed by atoms with Crippen molar-refractivity contribution in [1.29, 1.82) is 0 Å². The van der Waals surface area contributed by atoms with Crippen molar-refractivity contribution in [3.63, 3.8) is 0 Å². The van der Waals surface area contributed by atoms with Gasteiger partial charge in [-0.05, 0) is 16.7 Å². The minimum Gasteiger partial charge on any atom is -0.394 e. The molecule has 0 fully saturated rings. The number of hydrogen-bond donors (Lipinski definition) is 2. The lowest BCUT2D eigenvalue weighted by Crippen LogP contribution is -2.39. The highest BCUT2D eigenvalue weighted by atomic mass is 16.3. The van der Waals surface area contributed by atoms with E-state index in [1.54, 1.807) is 4.68 Å². The van der Waals surface area contributed by atoms with Crippen LogP contribution in [0.1, 0.15) is 16.7 Å². The van der Waals surface area contributed by atoms with Crippen molar-refractivity contribution < 1.29 is 5.11 Å². The highest BCUT2D eigenvalue weighted by molar-refractivity contribution is 5.65. The molecule has 145 valence electrons. The van der Waals surface area contributed by atoms with Crippen LogP contribution in [-0.2, 0) is 12.1 Å². The van der Waals surface area contributed by atoms with Crippen LogP contribution in [0.3, 0.4) is 0 Å². The number of nitrogens with one attached hydrogen (secondary N) is 2. The zero-order valence-electron chi connectivity index (χ0n) is 16.0. The smallest absolute Gasteiger partial charge is 0.151 e. The van der Waals surface area contributed by atoms with Gasteiger partial charge in [0.1, 0.15) is 11.2 Å². The predicted octanol–water partition coefficient (Wildman–Crippen LogP) is 4.19. The number of rotatable bonds is 7.